The molecular weight excluding hydrogens is 328 g/mol. The number of ether oxygens (including phenoxy) is 1. The maximum atomic E-state index is 12.0. The molecule has 1 N–H and O–H groups in total. The molecular formula is C13H17BrN2O4. The molecule has 0 saturated carbocycles. The van der Waals surface area contributed by atoms with Crippen LogP contribution >= 0.6 is 15.9 Å². The lowest BCUT2D eigenvalue weighted by molar-refractivity contribution is -0.142. The Balaban J connectivity index is 1.84. The highest BCUT2D eigenvalue weighted by Crippen LogP contribution is 2.14. The average Bonchev–Trinajstić information content (AvgIpc) is 2.81. The van der Waals surface area contributed by atoms with E-state index in [1.54, 1.807) is 17.0 Å². The maximum Gasteiger partial charge on any atom is 0.287 e. The van der Waals surface area contributed by atoms with Crippen molar-refractivity contribution in [2.24, 2.45) is 0 Å². The van der Waals surface area contributed by atoms with Gasteiger partial charge in [0.15, 0.2) is 10.4 Å². The number of hydrogen-bond acceptors (Lipinski definition) is 4. The van der Waals surface area contributed by atoms with Gasteiger partial charge in [0.05, 0.1) is 18.8 Å². The number of amides is 2. The van der Waals surface area contributed by atoms with E-state index in [9.17, 15) is 9.59 Å². The quantitative estimate of drug-likeness (QED) is 0.899. The first-order valence-corrected chi connectivity index (χ1v) is 7.21. The largest absolute Gasteiger partial charge is 0.444 e. The van der Waals surface area contributed by atoms with Crippen LogP contribution in [0.1, 0.15) is 24.4 Å². The van der Waals surface area contributed by atoms with Crippen molar-refractivity contribution in [3.05, 3.63) is 22.6 Å². The third-order valence-corrected chi connectivity index (χ3v) is 3.40. The van der Waals surface area contributed by atoms with Crippen molar-refractivity contribution in [2.45, 2.75) is 26.1 Å². The summed E-state index contributed by atoms with van der Waals surface area (Å²) in [6, 6.07) is 3.17. The molecule has 0 bridgehead atoms. The Morgan fingerprint density at radius 1 is 1.35 bits per heavy atom. The lowest BCUT2D eigenvalue weighted by Crippen LogP contribution is -2.51. The van der Waals surface area contributed by atoms with E-state index in [0.717, 1.165) is 0 Å². The minimum atomic E-state index is -0.404. The Morgan fingerprint density at radius 3 is 2.55 bits per heavy atom. The second-order valence-electron chi connectivity index (χ2n) is 4.84. The van der Waals surface area contributed by atoms with Crippen LogP contribution in [-0.2, 0) is 9.53 Å². The monoisotopic (exact) mass is 344 g/mol. The summed E-state index contributed by atoms with van der Waals surface area (Å²) in [7, 11) is 0. The Hall–Kier alpha value is -1.34. The van der Waals surface area contributed by atoms with Gasteiger partial charge in [0.1, 0.15) is 0 Å². The van der Waals surface area contributed by atoms with E-state index in [4.69, 9.17) is 9.15 Å². The van der Waals surface area contributed by atoms with Gasteiger partial charge in [-0.1, -0.05) is 0 Å². The standard InChI is InChI=1S/C13H17BrN2O4/c1-8-6-16(7-9(2)19-8)12(17)5-15-13(18)10-3-4-11(14)20-10/h3-4,8-9H,5-7H2,1-2H3,(H,15,18)/t8-,9-/m1/s1. The minimum absolute atomic E-state index is 0.0134. The van der Waals surface area contributed by atoms with Crippen LogP contribution in [0.5, 0.6) is 0 Å². The molecule has 2 atom stereocenters. The second-order valence-corrected chi connectivity index (χ2v) is 5.62. The van der Waals surface area contributed by atoms with Gasteiger partial charge in [-0.3, -0.25) is 9.59 Å². The number of halogens is 1. The van der Waals surface area contributed by atoms with E-state index >= 15 is 0 Å². The maximum absolute atomic E-state index is 12.0. The summed E-state index contributed by atoms with van der Waals surface area (Å²) in [5.74, 6) is -0.349. The number of hydrogen-bond donors (Lipinski definition) is 1. The number of rotatable bonds is 3. The van der Waals surface area contributed by atoms with E-state index in [-0.39, 0.29) is 30.4 Å². The van der Waals surface area contributed by atoms with Gasteiger partial charge in [-0.15, -0.1) is 0 Å². The molecule has 1 aliphatic rings. The number of carbonyl (C=O) groups is 2. The predicted molar refractivity (Wildman–Crippen MR) is 75.3 cm³/mol. The summed E-state index contributed by atoms with van der Waals surface area (Å²) < 4.78 is 11.2. The number of carbonyl (C=O) groups excluding carboxylic acids is 2. The molecule has 1 saturated heterocycles. The molecule has 2 rings (SSSR count). The molecule has 1 aromatic heterocycles. The Labute approximate surface area is 125 Å². The van der Waals surface area contributed by atoms with E-state index < -0.39 is 5.91 Å². The molecule has 2 heterocycles. The first-order valence-electron chi connectivity index (χ1n) is 6.42. The zero-order chi connectivity index (χ0) is 14.7. The van der Waals surface area contributed by atoms with Crippen molar-refractivity contribution in [3.63, 3.8) is 0 Å². The number of furan rings is 1. The van der Waals surface area contributed by atoms with E-state index in [1.807, 2.05) is 13.8 Å². The van der Waals surface area contributed by atoms with E-state index in [2.05, 4.69) is 21.2 Å². The van der Waals surface area contributed by atoms with Crippen LogP contribution in [0.4, 0.5) is 0 Å². The van der Waals surface area contributed by atoms with Crippen LogP contribution in [0.15, 0.2) is 21.2 Å². The van der Waals surface area contributed by atoms with Crippen molar-refractivity contribution in [1.82, 2.24) is 10.2 Å². The second kappa shape index (κ2) is 6.41. The highest BCUT2D eigenvalue weighted by atomic mass is 79.9. The summed E-state index contributed by atoms with van der Waals surface area (Å²) in [6.45, 7) is 4.90. The molecule has 6 nitrogen and oxygen atoms in total. The molecule has 2 amide bonds. The van der Waals surface area contributed by atoms with Crippen molar-refractivity contribution >= 4 is 27.7 Å². The fourth-order valence-electron chi connectivity index (χ4n) is 2.17. The molecule has 1 aliphatic heterocycles. The van der Waals surface area contributed by atoms with Gasteiger partial charge >= 0.3 is 0 Å². The highest BCUT2D eigenvalue weighted by molar-refractivity contribution is 9.10. The molecule has 0 radical (unpaired) electrons. The third-order valence-electron chi connectivity index (χ3n) is 2.97. The summed E-state index contributed by atoms with van der Waals surface area (Å²) in [5.41, 5.74) is 0. The summed E-state index contributed by atoms with van der Waals surface area (Å²) >= 11 is 3.12. The lowest BCUT2D eigenvalue weighted by atomic mass is 10.2. The summed E-state index contributed by atoms with van der Waals surface area (Å²) in [4.78, 5) is 25.5. The zero-order valence-electron chi connectivity index (χ0n) is 11.4. The van der Waals surface area contributed by atoms with Crippen molar-refractivity contribution < 1.29 is 18.7 Å². The van der Waals surface area contributed by atoms with E-state index in [1.165, 1.54) is 0 Å². The fraction of sp³-hybridized carbons (Fsp3) is 0.538. The lowest BCUT2D eigenvalue weighted by Gasteiger charge is -2.35. The Kier molecular flexibility index (Phi) is 4.82. The van der Waals surface area contributed by atoms with Gasteiger partial charge in [0.25, 0.3) is 5.91 Å². The first kappa shape index (κ1) is 15.1. The molecule has 1 aromatic rings. The van der Waals surface area contributed by atoms with Gasteiger partial charge in [-0.05, 0) is 41.9 Å². The first-order chi connectivity index (χ1) is 9.45. The third kappa shape index (κ3) is 3.83. The number of nitrogens with zero attached hydrogens (tertiary/aromatic N) is 1. The normalized spacial score (nSPS) is 22.6. The topological polar surface area (TPSA) is 71.8 Å². The molecule has 20 heavy (non-hydrogen) atoms. The van der Waals surface area contributed by atoms with Gasteiger partial charge in [-0.2, -0.15) is 0 Å². The molecule has 110 valence electrons. The Morgan fingerprint density at radius 2 is 2.00 bits per heavy atom. The minimum Gasteiger partial charge on any atom is -0.444 e. The van der Waals surface area contributed by atoms with Gasteiger partial charge in [0, 0.05) is 13.1 Å². The molecule has 0 aliphatic carbocycles. The predicted octanol–water partition coefficient (Wildman–Crippen LogP) is 1.41. The molecule has 0 aromatic carbocycles. The van der Waals surface area contributed by atoms with Crippen molar-refractivity contribution in [3.8, 4) is 0 Å². The smallest absolute Gasteiger partial charge is 0.287 e. The SMILES string of the molecule is C[C@@H]1CN(C(=O)CNC(=O)c2ccc(Br)o2)C[C@@H](C)O1. The Bertz CT molecular complexity index is 492. The zero-order valence-corrected chi connectivity index (χ0v) is 13.0. The van der Waals surface area contributed by atoms with Crippen LogP contribution in [-0.4, -0.2) is 48.6 Å². The van der Waals surface area contributed by atoms with Crippen LogP contribution < -0.4 is 5.32 Å². The highest BCUT2D eigenvalue weighted by Gasteiger charge is 2.26. The van der Waals surface area contributed by atoms with Crippen LogP contribution in [0, 0.1) is 0 Å². The van der Waals surface area contributed by atoms with E-state index in [0.29, 0.717) is 17.8 Å². The molecule has 1 fully saturated rings. The fourth-order valence-corrected chi connectivity index (χ4v) is 2.48. The van der Waals surface area contributed by atoms with Crippen molar-refractivity contribution in [1.29, 1.82) is 0 Å². The molecule has 0 unspecified atom stereocenters. The molecule has 7 heteroatoms. The van der Waals surface area contributed by atoms with Crippen molar-refractivity contribution in [2.75, 3.05) is 19.6 Å². The van der Waals surface area contributed by atoms with Gasteiger partial charge in [-0.25, -0.2) is 0 Å². The van der Waals surface area contributed by atoms with Crippen LogP contribution in [0.25, 0.3) is 0 Å². The van der Waals surface area contributed by atoms with Gasteiger partial charge in [0.2, 0.25) is 5.91 Å². The number of nitrogens with one attached hydrogen (secondary N) is 1. The number of morpholine rings is 1. The average molecular weight is 345 g/mol. The summed E-state index contributed by atoms with van der Waals surface area (Å²) in [5, 5.41) is 2.55. The van der Waals surface area contributed by atoms with Crippen LogP contribution in [0.2, 0.25) is 0 Å². The molecule has 0 spiro atoms. The van der Waals surface area contributed by atoms with Crippen LogP contribution in [0.3, 0.4) is 0 Å². The van der Waals surface area contributed by atoms with Gasteiger partial charge < -0.3 is 19.4 Å². The summed E-state index contributed by atoms with van der Waals surface area (Å²) in [6.07, 6.45) is 0.0267.